The van der Waals surface area contributed by atoms with Gasteiger partial charge in [0.1, 0.15) is 0 Å². The van der Waals surface area contributed by atoms with Crippen molar-refractivity contribution in [1.82, 2.24) is 0 Å². The van der Waals surface area contributed by atoms with Crippen LogP contribution in [0.1, 0.15) is 30.9 Å². The van der Waals surface area contributed by atoms with E-state index < -0.39 is 0 Å². The Morgan fingerprint density at radius 1 is 1.08 bits per heavy atom. The van der Waals surface area contributed by atoms with Crippen molar-refractivity contribution in [2.75, 3.05) is 0 Å². The number of unbranched alkanes of at least 4 members (excludes halogenated alkanes) is 1. The molecule has 0 aliphatic rings. The predicted octanol–water partition coefficient (Wildman–Crippen LogP) is 3.41. The van der Waals surface area contributed by atoms with Crippen LogP contribution < -0.4 is 0 Å². The summed E-state index contributed by atoms with van der Waals surface area (Å²) in [6.07, 6.45) is 4.55. The third-order valence-corrected chi connectivity index (χ3v) is 2.15. The molecule has 0 aromatic heterocycles. The highest BCUT2D eigenvalue weighted by Gasteiger charge is 1.92. The quantitative estimate of drug-likeness (QED) is 0.635. The van der Waals surface area contributed by atoms with Crippen LogP contribution in [0.2, 0.25) is 0 Å². The summed E-state index contributed by atoms with van der Waals surface area (Å²) in [6, 6.07) is 8.90. The first kappa shape index (κ1) is 9.31. The maximum Gasteiger partial charge on any atom is -0.0279 e. The summed E-state index contributed by atoms with van der Waals surface area (Å²) in [5.74, 6) is 0. The number of hydrogen-bond acceptors (Lipinski definition) is 0. The summed E-state index contributed by atoms with van der Waals surface area (Å²) in [5.41, 5.74) is 2.87. The standard InChI is InChI=1S/C12H17/c1-3-5-6-12-9-7-11(4-2)8-10-12/h7-10H,1,3-6H2,2H3. The van der Waals surface area contributed by atoms with Gasteiger partial charge in [-0.15, -0.1) is 0 Å². The first-order valence-corrected chi connectivity index (χ1v) is 4.74. The van der Waals surface area contributed by atoms with Crippen molar-refractivity contribution in [3.05, 3.63) is 42.3 Å². The van der Waals surface area contributed by atoms with E-state index in [-0.39, 0.29) is 0 Å². The summed E-state index contributed by atoms with van der Waals surface area (Å²) < 4.78 is 0. The van der Waals surface area contributed by atoms with Crippen LogP contribution in [0.4, 0.5) is 0 Å². The molecule has 0 bridgehead atoms. The first-order chi connectivity index (χ1) is 5.86. The molecule has 1 aromatic rings. The van der Waals surface area contributed by atoms with E-state index in [9.17, 15) is 0 Å². The molecule has 0 atom stereocenters. The van der Waals surface area contributed by atoms with Crippen molar-refractivity contribution in [1.29, 1.82) is 0 Å². The molecule has 0 heterocycles. The zero-order valence-electron chi connectivity index (χ0n) is 7.84. The first-order valence-electron chi connectivity index (χ1n) is 4.74. The molecule has 0 fully saturated rings. The van der Waals surface area contributed by atoms with E-state index in [1.165, 1.54) is 24.0 Å². The van der Waals surface area contributed by atoms with Gasteiger partial charge in [-0.25, -0.2) is 0 Å². The van der Waals surface area contributed by atoms with Gasteiger partial charge >= 0.3 is 0 Å². The smallest absolute Gasteiger partial charge is 0.0279 e. The molecule has 0 saturated carbocycles. The Morgan fingerprint density at radius 3 is 2.17 bits per heavy atom. The van der Waals surface area contributed by atoms with Crippen LogP contribution in [0.15, 0.2) is 24.3 Å². The monoisotopic (exact) mass is 161 g/mol. The number of benzene rings is 1. The molecular formula is C12H17. The molecule has 1 aromatic carbocycles. The van der Waals surface area contributed by atoms with Gasteiger partial charge in [0.25, 0.3) is 0 Å². The van der Waals surface area contributed by atoms with Crippen molar-refractivity contribution in [3.63, 3.8) is 0 Å². The topological polar surface area (TPSA) is 0 Å². The van der Waals surface area contributed by atoms with E-state index in [0.29, 0.717) is 0 Å². The highest BCUT2D eigenvalue weighted by atomic mass is 14.0. The second-order valence-corrected chi connectivity index (χ2v) is 3.13. The Labute approximate surface area is 75.6 Å². The number of rotatable bonds is 4. The zero-order valence-corrected chi connectivity index (χ0v) is 7.84. The van der Waals surface area contributed by atoms with Gasteiger partial charge in [0.05, 0.1) is 0 Å². The van der Waals surface area contributed by atoms with E-state index in [0.717, 1.165) is 12.8 Å². The Kier molecular flexibility index (Phi) is 3.86. The van der Waals surface area contributed by atoms with Crippen LogP contribution in [-0.4, -0.2) is 0 Å². The highest BCUT2D eigenvalue weighted by molar-refractivity contribution is 5.22. The van der Waals surface area contributed by atoms with Crippen molar-refractivity contribution < 1.29 is 0 Å². The van der Waals surface area contributed by atoms with Crippen molar-refractivity contribution in [3.8, 4) is 0 Å². The maximum absolute atomic E-state index is 3.83. The zero-order chi connectivity index (χ0) is 8.81. The van der Waals surface area contributed by atoms with Gasteiger partial charge in [0.15, 0.2) is 0 Å². The molecule has 0 amide bonds. The SMILES string of the molecule is [CH2]CCCc1ccc(CC)cc1. The van der Waals surface area contributed by atoms with Crippen molar-refractivity contribution in [2.45, 2.75) is 32.6 Å². The lowest BCUT2D eigenvalue weighted by Gasteiger charge is -2.00. The van der Waals surface area contributed by atoms with Gasteiger partial charge in [-0.05, 0) is 30.4 Å². The molecule has 0 heteroatoms. The second-order valence-electron chi connectivity index (χ2n) is 3.13. The second kappa shape index (κ2) is 4.97. The number of aryl methyl sites for hydroxylation is 2. The fourth-order valence-corrected chi connectivity index (χ4v) is 1.27. The molecule has 0 nitrogen and oxygen atoms in total. The van der Waals surface area contributed by atoms with Crippen molar-refractivity contribution in [2.24, 2.45) is 0 Å². The van der Waals surface area contributed by atoms with Crippen LogP contribution in [0.5, 0.6) is 0 Å². The lowest BCUT2D eigenvalue weighted by Crippen LogP contribution is -1.85. The summed E-state index contributed by atoms with van der Waals surface area (Å²) in [4.78, 5) is 0. The van der Waals surface area contributed by atoms with Gasteiger partial charge in [-0.1, -0.05) is 44.5 Å². The minimum Gasteiger partial charge on any atom is -0.0613 e. The molecule has 0 N–H and O–H groups in total. The maximum atomic E-state index is 3.83. The van der Waals surface area contributed by atoms with E-state index in [1.807, 2.05) is 0 Å². The molecule has 65 valence electrons. The Morgan fingerprint density at radius 2 is 1.67 bits per heavy atom. The van der Waals surface area contributed by atoms with Gasteiger partial charge in [0.2, 0.25) is 0 Å². The van der Waals surface area contributed by atoms with Crippen molar-refractivity contribution >= 4 is 0 Å². The summed E-state index contributed by atoms with van der Waals surface area (Å²) in [6.45, 7) is 6.02. The van der Waals surface area contributed by atoms with Crippen LogP contribution >= 0.6 is 0 Å². The van der Waals surface area contributed by atoms with E-state index in [4.69, 9.17) is 0 Å². The van der Waals surface area contributed by atoms with Crippen LogP contribution in [0.25, 0.3) is 0 Å². The van der Waals surface area contributed by atoms with Gasteiger partial charge in [-0.3, -0.25) is 0 Å². The summed E-state index contributed by atoms with van der Waals surface area (Å²) >= 11 is 0. The molecule has 1 rings (SSSR count). The predicted molar refractivity (Wildman–Crippen MR) is 54.1 cm³/mol. The molecule has 0 aliphatic carbocycles. The molecular weight excluding hydrogens is 144 g/mol. The summed E-state index contributed by atoms with van der Waals surface area (Å²) in [5, 5.41) is 0. The Hall–Kier alpha value is -0.780. The highest BCUT2D eigenvalue weighted by Crippen LogP contribution is 2.07. The minimum absolute atomic E-state index is 1.04. The van der Waals surface area contributed by atoms with Gasteiger partial charge in [-0.2, -0.15) is 0 Å². The van der Waals surface area contributed by atoms with Gasteiger partial charge in [0, 0.05) is 0 Å². The average molecular weight is 161 g/mol. The Bertz CT molecular complexity index is 208. The van der Waals surface area contributed by atoms with E-state index in [2.05, 4.69) is 38.1 Å². The molecule has 1 radical (unpaired) electrons. The molecule has 0 spiro atoms. The van der Waals surface area contributed by atoms with Crippen LogP contribution in [0, 0.1) is 6.92 Å². The third kappa shape index (κ3) is 2.69. The third-order valence-electron chi connectivity index (χ3n) is 2.15. The fraction of sp³-hybridized carbons (Fsp3) is 0.417. The molecule has 0 saturated heterocycles. The number of hydrogen-bond donors (Lipinski definition) is 0. The normalized spacial score (nSPS) is 10.2. The lowest BCUT2D eigenvalue weighted by molar-refractivity contribution is 0.840. The largest absolute Gasteiger partial charge is 0.0613 e. The molecule has 0 aliphatic heterocycles. The fourth-order valence-electron chi connectivity index (χ4n) is 1.27. The van der Waals surface area contributed by atoms with E-state index in [1.54, 1.807) is 0 Å². The molecule has 0 unspecified atom stereocenters. The van der Waals surface area contributed by atoms with Crippen LogP contribution in [0.3, 0.4) is 0 Å². The minimum atomic E-state index is 1.04. The summed E-state index contributed by atoms with van der Waals surface area (Å²) in [7, 11) is 0. The van der Waals surface area contributed by atoms with Crippen LogP contribution in [-0.2, 0) is 12.8 Å². The van der Waals surface area contributed by atoms with Gasteiger partial charge < -0.3 is 0 Å². The lowest BCUT2D eigenvalue weighted by atomic mass is 10.1. The molecule has 12 heavy (non-hydrogen) atoms. The van der Waals surface area contributed by atoms with E-state index >= 15 is 0 Å². The average Bonchev–Trinajstić information content (AvgIpc) is 2.15. The Balaban J connectivity index is 2.53.